The van der Waals surface area contributed by atoms with Gasteiger partial charge < -0.3 is 10.4 Å². The predicted octanol–water partition coefficient (Wildman–Crippen LogP) is 1.33. The molecule has 106 valence electrons. The zero-order chi connectivity index (χ0) is 14.8. The summed E-state index contributed by atoms with van der Waals surface area (Å²) in [6.07, 6.45) is 1.02. The van der Waals surface area contributed by atoms with Gasteiger partial charge in [-0.3, -0.25) is 4.79 Å². The molecule has 7 nitrogen and oxygen atoms in total. The van der Waals surface area contributed by atoms with E-state index in [-0.39, 0.29) is 0 Å². The molecule has 0 aliphatic heterocycles. The number of carboxylic acids is 1. The molecular formula is C13H16N4O3. The number of amides is 1. The molecule has 1 aromatic heterocycles. The molecule has 0 fully saturated rings. The third-order valence-corrected chi connectivity index (χ3v) is 3.19. The number of nitrogens with zero attached hydrogens (tertiary/aromatic N) is 2. The van der Waals surface area contributed by atoms with E-state index >= 15 is 0 Å². The van der Waals surface area contributed by atoms with E-state index in [1.165, 1.54) is 6.92 Å². The Morgan fingerprint density at radius 1 is 1.35 bits per heavy atom. The molecule has 1 heterocycles. The molecule has 1 amide bonds. The van der Waals surface area contributed by atoms with Crippen molar-refractivity contribution in [2.45, 2.75) is 32.2 Å². The van der Waals surface area contributed by atoms with Crippen molar-refractivity contribution < 1.29 is 14.7 Å². The van der Waals surface area contributed by atoms with Gasteiger partial charge in [-0.2, -0.15) is 15.4 Å². The van der Waals surface area contributed by atoms with Crippen LogP contribution in [0.25, 0.3) is 11.0 Å². The average Bonchev–Trinajstić information content (AvgIpc) is 2.85. The molecule has 0 radical (unpaired) electrons. The highest BCUT2D eigenvalue weighted by Gasteiger charge is 2.34. The number of benzene rings is 1. The Bertz CT molecular complexity index is 652. The van der Waals surface area contributed by atoms with Gasteiger partial charge >= 0.3 is 5.97 Å². The van der Waals surface area contributed by atoms with Gasteiger partial charge in [-0.25, -0.2) is 4.79 Å². The Morgan fingerprint density at radius 3 is 2.70 bits per heavy atom. The van der Waals surface area contributed by atoms with Crippen LogP contribution in [0.1, 0.15) is 37.0 Å². The van der Waals surface area contributed by atoms with Crippen molar-refractivity contribution in [3.05, 3.63) is 23.8 Å². The molecule has 0 saturated carbocycles. The Morgan fingerprint density at radius 2 is 2.05 bits per heavy atom. The first-order valence-electron chi connectivity index (χ1n) is 6.32. The van der Waals surface area contributed by atoms with E-state index in [0.717, 1.165) is 0 Å². The smallest absolute Gasteiger partial charge is 0.329 e. The lowest BCUT2D eigenvalue weighted by atomic mass is 9.95. The largest absolute Gasteiger partial charge is 0.480 e. The van der Waals surface area contributed by atoms with Crippen molar-refractivity contribution in [1.29, 1.82) is 0 Å². The number of carboxylic acid groups (broad SMARTS) is 1. The maximum absolute atomic E-state index is 12.2. The summed E-state index contributed by atoms with van der Waals surface area (Å²) in [6.45, 7) is 3.38. The first kappa shape index (κ1) is 14.0. The van der Waals surface area contributed by atoms with Gasteiger partial charge in [0.1, 0.15) is 16.6 Å². The zero-order valence-electron chi connectivity index (χ0n) is 11.3. The SMILES string of the molecule is CCCC(C)(NC(=O)c1ccc2n[nH]nc2c1)C(=O)O. The Kier molecular flexibility index (Phi) is 3.69. The highest BCUT2D eigenvalue weighted by Crippen LogP contribution is 2.16. The van der Waals surface area contributed by atoms with E-state index in [9.17, 15) is 14.7 Å². The second kappa shape index (κ2) is 5.28. The quantitative estimate of drug-likeness (QED) is 0.763. The van der Waals surface area contributed by atoms with Crippen molar-refractivity contribution >= 4 is 22.9 Å². The van der Waals surface area contributed by atoms with Crippen LogP contribution in [-0.4, -0.2) is 37.9 Å². The minimum absolute atomic E-state index is 0.356. The van der Waals surface area contributed by atoms with Crippen LogP contribution in [0.15, 0.2) is 18.2 Å². The number of H-pyrrole nitrogens is 1. The Balaban J connectivity index is 2.23. The van der Waals surface area contributed by atoms with Crippen molar-refractivity contribution in [3.8, 4) is 0 Å². The number of aliphatic carboxylic acids is 1. The molecule has 0 saturated heterocycles. The summed E-state index contributed by atoms with van der Waals surface area (Å²) in [4.78, 5) is 23.5. The van der Waals surface area contributed by atoms with Gasteiger partial charge in [-0.15, -0.1) is 0 Å². The second-order valence-electron chi connectivity index (χ2n) is 4.87. The Labute approximate surface area is 115 Å². The monoisotopic (exact) mass is 276 g/mol. The summed E-state index contributed by atoms with van der Waals surface area (Å²) < 4.78 is 0. The summed E-state index contributed by atoms with van der Waals surface area (Å²) in [5, 5.41) is 22.1. The lowest BCUT2D eigenvalue weighted by Gasteiger charge is -2.25. The third-order valence-electron chi connectivity index (χ3n) is 3.19. The fraction of sp³-hybridized carbons (Fsp3) is 0.385. The summed E-state index contributed by atoms with van der Waals surface area (Å²) in [5.74, 6) is -1.48. The van der Waals surface area contributed by atoms with Crippen molar-refractivity contribution in [3.63, 3.8) is 0 Å². The number of hydrogen-bond donors (Lipinski definition) is 3. The number of rotatable bonds is 5. The van der Waals surface area contributed by atoms with Gasteiger partial charge in [0, 0.05) is 5.56 Å². The van der Waals surface area contributed by atoms with Crippen LogP contribution in [0.4, 0.5) is 0 Å². The minimum Gasteiger partial charge on any atom is -0.480 e. The topological polar surface area (TPSA) is 108 Å². The van der Waals surface area contributed by atoms with Gasteiger partial charge in [-0.05, 0) is 31.5 Å². The number of carbonyl (C=O) groups excluding carboxylic acids is 1. The molecule has 20 heavy (non-hydrogen) atoms. The second-order valence-corrected chi connectivity index (χ2v) is 4.87. The minimum atomic E-state index is -1.27. The van der Waals surface area contributed by atoms with E-state index in [1.54, 1.807) is 18.2 Å². The highest BCUT2D eigenvalue weighted by atomic mass is 16.4. The van der Waals surface area contributed by atoms with Gasteiger partial charge in [0.15, 0.2) is 0 Å². The van der Waals surface area contributed by atoms with E-state index in [4.69, 9.17) is 0 Å². The lowest BCUT2D eigenvalue weighted by Crippen LogP contribution is -2.52. The van der Waals surface area contributed by atoms with Crippen LogP contribution in [0, 0.1) is 0 Å². The summed E-state index contributed by atoms with van der Waals surface area (Å²) in [7, 11) is 0. The van der Waals surface area contributed by atoms with Crippen LogP contribution < -0.4 is 5.32 Å². The fourth-order valence-corrected chi connectivity index (χ4v) is 2.03. The molecule has 2 aromatic rings. The van der Waals surface area contributed by atoms with E-state index in [2.05, 4.69) is 20.7 Å². The molecule has 0 aliphatic rings. The van der Waals surface area contributed by atoms with Gasteiger partial charge in [0.05, 0.1) is 0 Å². The van der Waals surface area contributed by atoms with Crippen LogP contribution in [0.2, 0.25) is 0 Å². The summed E-state index contributed by atoms with van der Waals surface area (Å²) in [6, 6.07) is 4.82. The molecule has 1 unspecified atom stereocenters. The highest BCUT2D eigenvalue weighted by molar-refractivity contribution is 5.99. The molecule has 0 aliphatic carbocycles. The van der Waals surface area contributed by atoms with Crippen molar-refractivity contribution in [2.24, 2.45) is 0 Å². The zero-order valence-corrected chi connectivity index (χ0v) is 11.3. The molecule has 1 atom stereocenters. The first-order valence-corrected chi connectivity index (χ1v) is 6.32. The first-order chi connectivity index (χ1) is 9.46. The number of aromatic nitrogens is 3. The molecule has 0 bridgehead atoms. The van der Waals surface area contributed by atoms with Crippen LogP contribution in [0.5, 0.6) is 0 Å². The third kappa shape index (κ3) is 2.61. The van der Waals surface area contributed by atoms with Gasteiger partial charge in [0.2, 0.25) is 0 Å². The molecule has 3 N–H and O–H groups in total. The molecular weight excluding hydrogens is 260 g/mol. The van der Waals surface area contributed by atoms with Crippen LogP contribution >= 0.6 is 0 Å². The average molecular weight is 276 g/mol. The maximum atomic E-state index is 12.2. The lowest BCUT2D eigenvalue weighted by molar-refractivity contribution is -0.144. The summed E-state index contributed by atoms with van der Waals surface area (Å²) >= 11 is 0. The van der Waals surface area contributed by atoms with Crippen molar-refractivity contribution in [1.82, 2.24) is 20.7 Å². The van der Waals surface area contributed by atoms with E-state index in [1.807, 2.05) is 6.92 Å². The summed E-state index contributed by atoms with van der Waals surface area (Å²) in [5.41, 5.74) is 0.293. The van der Waals surface area contributed by atoms with Crippen LogP contribution in [0.3, 0.4) is 0 Å². The molecule has 0 spiro atoms. The number of carbonyl (C=O) groups is 2. The number of aromatic amines is 1. The Hall–Kier alpha value is -2.44. The van der Waals surface area contributed by atoms with Crippen molar-refractivity contribution in [2.75, 3.05) is 0 Å². The van der Waals surface area contributed by atoms with Gasteiger partial charge in [-0.1, -0.05) is 13.3 Å². The van der Waals surface area contributed by atoms with Gasteiger partial charge in [0.25, 0.3) is 5.91 Å². The van der Waals surface area contributed by atoms with E-state index in [0.29, 0.717) is 29.4 Å². The molecule has 2 rings (SSSR count). The normalized spacial score (nSPS) is 13.9. The van der Waals surface area contributed by atoms with E-state index < -0.39 is 17.4 Å². The fourth-order valence-electron chi connectivity index (χ4n) is 2.03. The molecule has 1 aromatic carbocycles. The van der Waals surface area contributed by atoms with Crippen LogP contribution in [-0.2, 0) is 4.79 Å². The number of fused-ring (bicyclic) bond motifs is 1. The maximum Gasteiger partial charge on any atom is 0.329 e. The standard InChI is InChI=1S/C13H16N4O3/c1-3-6-13(2,12(19)20)14-11(18)8-4-5-9-10(7-8)16-17-15-9/h4-5,7H,3,6H2,1-2H3,(H,14,18)(H,19,20)(H,15,16,17). The number of hydrogen-bond acceptors (Lipinski definition) is 4. The number of nitrogens with one attached hydrogen (secondary N) is 2. The predicted molar refractivity (Wildman–Crippen MR) is 72.3 cm³/mol. The molecule has 7 heteroatoms.